The van der Waals surface area contributed by atoms with Gasteiger partial charge < -0.3 is 4.74 Å². The van der Waals surface area contributed by atoms with Crippen LogP contribution in [0.2, 0.25) is 0 Å². The number of hydrogen-bond acceptors (Lipinski definition) is 4. The van der Waals surface area contributed by atoms with Crippen molar-refractivity contribution in [2.45, 2.75) is 106 Å². The Bertz CT molecular complexity index is 1490. The van der Waals surface area contributed by atoms with Gasteiger partial charge in [-0.1, -0.05) is 19.8 Å². The number of halogens is 17. The fourth-order valence-corrected chi connectivity index (χ4v) is 5.21. The average molecular weight is 771 g/mol. The van der Waals surface area contributed by atoms with Crippen LogP contribution in [-0.2, 0) is 11.2 Å². The van der Waals surface area contributed by atoms with E-state index in [2.05, 4.69) is 9.97 Å². The lowest BCUT2D eigenvalue weighted by Gasteiger charge is -2.44. The smallest absolute Gasteiger partial charge is 0.426 e. The summed E-state index contributed by atoms with van der Waals surface area (Å²) in [5.41, 5.74) is 1.38. The molecule has 1 aliphatic carbocycles. The van der Waals surface area contributed by atoms with E-state index in [1.54, 1.807) is 12.4 Å². The molecule has 0 atom stereocenters. The quantitative estimate of drug-likeness (QED) is 0.0831. The summed E-state index contributed by atoms with van der Waals surface area (Å²) in [6, 6.07) is 5.43. The van der Waals surface area contributed by atoms with Crippen LogP contribution in [0.25, 0.3) is 11.4 Å². The van der Waals surface area contributed by atoms with Crippen LogP contribution in [0.5, 0.6) is 5.75 Å². The number of rotatable bonds is 14. The zero-order chi connectivity index (χ0) is 39.1. The van der Waals surface area contributed by atoms with Gasteiger partial charge in [0.25, 0.3) is 0 Å². The Balaban J connectivity index is 1.70. The van der Waals surface area contributed by atoms with E-state index in [4.69, 9.17) is 4.74 Å². The van der Waals surface area contributed by atoms with Gasteiger partial charge >= 0.3 is 53.6 Å². The Kier molecular flexibility index (Phi) is 11.7. The first-order valence-electron chi connectivity index (χ1n) is 15.0. The number of hydrogen-bond donors (Lipinski definition) is 0. The van der Waals surface area contributed by atoms with Crippen molar-refractivity contribution in [3.8, 4) is 17.1 Å². The molecule has 2 aromatic rings. The van der Waals surface area contributed by atoms with Crippen LogP contribution < -0.4 is 4.74 Å². The molecule has 0 saturated heterocycles. The van der Waals surface area contributed by atoms with Gasteiger partial charge in [-0.2, -0.15) is 74.6 Å². The number of alkyl halides is 17. The van der Waals surface area contributed by atoms with Gasteiger partial charge in [-0.25, -0.2) is 9.97 Å². The van der Waals surface area contributed by atoms with E-state index in [1.165, 1.54) is 24.3 Å². The van der Waals surface area contributed by atoms with Crippen LogP contribution in [0, 0.1) is 11.8 Å². The number of unbranched alkanes of at least 4 members (excludes halogenated alkanes) is 2. The number of carbonyl (C=O) groups is 1. The predicted molar refractivity (Wildman–Crippen MR) is 142 cm³/mol. The maximum atomic E-state index is 14.7. The van der Waals surface area contributed by atoms with Crippen molar-refractivity contribution in [3.63, 3.8) is 0 Å². The molecule has 51 heavy (non-hydrogen) atoms. The normalized spacial score (nSPS) is 18.9. The number of benzene rings is 1. The van der Waals surface area contributed by atoms with Crippen LogP contribution in [0.1, 0.15) is 57.4 Å². The lowest BCUT2D eigenvalue weighted by Crippen LogP contribution is -2.75. The molecule has 1 heterocycles. The third-order valence-electron chi connectivity index (χ3n) is 8.42. The van der Waals surface area contributed by atoms with E-state index in [1.807, 2.05) is 6.92 Å². The van der Waals surface area contributed by atoms with Gasteiger partial charge in [-0.15, -0.1) is 0 Å². The number of esters is 1. The van der Waals surface area contributed by atoms with Gasteiger partial charge in [0.2, 0.25) is 0 Å². The summed E-state index contributed by atoms with van der Waals surface area (Å²) < 4.78 is 237. The van der Waals surface area contributed by atoms with E-state index in [0.717, 1.165) is 31.2 Å². The fourth-order valence-electron chi connectivity index (χ4n) is 5.21. The van der Waals surface area contributed by atoms with Crippen molar-refractivity contribution in [2.24, 2.45) is 11.8 Å². The number of carbonyl (C=O) groups excluding carboxylic acids is 1. The summed E-state index contributed by atoms with van der Waals surface area (Å²) in [5, 5.41) is 0. The molecule has 0 radical (unpaired) electrons. The third-order valence-corrected chi connectivity index (χ3v) is 8.42. The average Bonchev–Trinajstić information content (AvgIpc) is 3.04. The molecule has 1 aromatic carbocycles. The zero-order valence-corrected chi connectivity index (χ0v) is 25.9. The molecule has 288 valence electrons. The summed E-state index contributed by atoms with van der Waals surface area (Å²) in [6.07, 6.45) is -5.26. The van der Waals surface area contributed by atoms with Gasteiger partial charge in [-0.05, 0) is 68.4 Å². The maximum absolute atomic E-state index is 14.7. The molecule has 1 aromatic heterocycles. The highest BCUT2D eigenvalue weighted by molar-refractivity contribution is 5.75. The Hall–Kier alpha value is -3.42. The Morgan fingerprint density at radius 1 is 0.647 bits per heavy atom. The molecule has 0 amide bonds. The van der Waals surface area contributed by atoms with Crippen LogP contribution in [0.15, 0.2) is 36.7 Å². The molecule has 0 aliphatic heterocycles. The minimum absolute atomic E-state index is 0.116. The molecule has 0 spiro atoms. The van der Waals surface area contributed by atoms with E-state index in [-0.39, 0.29) is 5.75 Å². The van der Waals surface area contributed by atoms with E-state index < -0.39 is 91.1 Å². The van der Waals surface area contributed by atoms with Crippen LogP contribution in [0.4, 0.5) is 74.6 Å². The van der Waals surface area contributed by atoms with Gasteiger partial charge in [0.1, 0.15) is 5.75 Å². The Morgan fingerprint density at radius 2 is 1.10 bits per heavy atom. The van der Waals surface area contributed by atoms with Crippen molar-refractivity contribution >= 4 is 5.97 Å². The number of aryl methyl sites for hydroxylation is 1. The molecular weight excluding hydrogens is 743 g/mol. The van der Waals surface area contributed by atoms with Crippen molar-refractivity contribution < 1.29 is 84.2 Å². The summed E-state index contributed by atoms with van der Waals surface area (Å²) in [6.45, 7) is 2.04. The first-order valence-corrected chi connectivity index (χ1v) is 15.0. The first-order chi connectivity index (χ1) is 23.1. The monoisotopic (exact) mass is 770 g/mol. The lowest BCUT2D eigenvalue weighted by molar-refractivity contribution is -0.463. The molecule has 21 heteroatoms. The van der Waals surface area contributed by atoms with E-state index in [9.17, 15) is 79.4 Å². The van der Waals surface area contributed by atoms with Crippen molar-refractivity contribution in [1.82, 2.24) is 9.97 Å². The van der Waals surface area contributed by atoms with E-state index in [0.29, 0.717) is 11.4 Å². The molecule has 0 bridgehead atoms. The second-order valence-corrected chi connectivity index (χ2v) is 11.9. The number of aromatic nitrogens is 2. The van der Waals surface area contributed by atoms with Crippen LogP contribution in [0.3, 0.4) is 0 Å². The molecule has 0 N–H and O–H groups in total. The minimum Gasteiger partial charge on any atom is -0.426 e. The second kappa shape index (κ2) is 14.2. The topological polar surface area (TPSA) is 52.1 Å². The second-order valence-electron chi connectivity index (χ2n) is 11.9. The highest BCUT2D eigenvalue weighted by Gasteiger charge is 2.95. The highest BCUT2D eigenvalue weighted by atomic mass is 19.4. The standard InChI is InChI=1S/C30H27F17N2O2/c1-2-3-4-5-16-14-48-21(49-15-16)17-8-12-20(13-9-17)51-22(50)18-6-10-19(11-7-18)23(31,32)24(33,34)25(35,36)26(37,38)27(39,40)28(41,42)29(43,44)30(45,46)47/h8-9,12-15,18-19H,2-7,10-11H2,1H3/t18-,19-. The number of nitrogens with zero attached hydrogens (tertiary/aromatic N) is 2. The van der Waals surface area contributed by atoms with Gasteiger partial charge in [-0.3, -0.25) is 4.79 Å². The van der Waals surface area contributed by atoms with Gasteiger partial charge in [0, 0.05) is 23.9 Å². The SMILES string of the molecule is CCCCCc1cnc(-c2ccc(OC(=O)[C@H]3CC[C@H](C(F)(F)C(F)(F)C(F)(F)C(F)(F)C(F)(F)C(F)(F)C(F)(F)C(F)(F)F)CC3)cc2)nc1. The lowest BCUT2D eigenvalue weighted by atomic mass is 9.75. The molecule has 1 fully saturated rings. The fraction of sp³-hybridized carbons (Fsp3) is 0.633. The maximum Gasteiger partial charge on any atom is 0.460 e. The van der Waals surface area contributed by atoms with Crippen molar-refractivity contribution in [2.75, 3.05) is 0 Å². The summed E-state index contributed by atoms with van der Waals surface area (Å²) in [5.74, 6) is -62.1. The minimum atomic E-state index is -8.67. The van der Waals surface area contributed by atoms with Gasteiger partial charge in [0.15, 0.2) is 5.82 Å². The Labute approximate surface area is 277 Å². The van der Waals surface area contributed by atoms with Crippen LogP contribution in [-0.4, -0.2) is 63.6 Å². The van der Waals surface area contributed by atoms with Crippen molar-refractivity contribution in [1.29, 1.82) is 0 Å². The Morgan fingerprint density at radius 3 is 1.55 bits per heavy atom. The molecule has 4 nitrogen and oxygen atoms in total. The largest absolute Gasteiger partial charge is 0.460 e. The van der Waals surface area contributed by atoms with Gasteiger partial charge in [0.05, 0.1) is 5.92 Å². The molecule has 3 rings (SSSR count). The van der Waals surface area contributed by atoms with Crippen LogP contribution >= 0.6 is 0 Å². The molecular formula is C30H27F17N2O2. The summed E-state index contributed by atoms with van der Waals surface area (Å²) in [7, 11) is 0. The summed E-state index contributed by atoms with van der Waals surface area (Å²) >= 11 is 0. The first kappa shape index (κ1) is 42.0. The zero-order valence-electron chi connectivity index (χ0n) is 25.9. The number of ether oxygens (including phenoxy) is 1. The van der Waals surface area contributed by atoms with Crippen molar-refractivity contribution in [3.05, 3.63) is 42.2 Å². The molecule has 0 unspecified atom stereocenters. The van der Waals surface area contributed by atoms with E-state index >= 15 is 0 Å². The third kappa shape index (κ3) is 7.30. The summed E-state index contributed by atoms with van der Waals surface area (Å²) in [4.78, 5) is 21.1. The molecule has 1 aliphatic rings. The highest BCUT2D eigenvalue weighted by Crippen LogP contribution is 2.65. The molecule has 1 saturated carbocycles. The predicted octanol–water partition coefficient (Wildman–Crippen LogP) is 10.6.